The van der Waals surface area contributed by atoms with Crippen molar-refractivity contribution in [1.82, 2.24) is 5.32 Å². The molecule has 0 aliphatic carbocycles. The van der Waals surface area contributed by atoms with Crippen molar-refractivity contribution in [3.05, 3.63) is 65.7 Å². The third-order valence-electron chi connectivity index (χ3n) is 4.12. The number of nitrogens with one attached hydrogen (secondary N) is 1. The average Bonchev–Trinajstić information content (AvgIpc) is 2.60. The fourth-order valence-electron chi connectivity index (χ4n) is 3.01. The Morgan fingerprint density at radius 1 is 1.12 bits per heavy atom. The molecule has 124 valence electrons. The van der Waals surface area contributed by atoms with Crippen molar-refractivity contribution < 1.29 is 14.9 Å². The summed E-state index contributed by atoms with van der Waals surface area (Å²) in [4.78, 5) is 24.9. The summed E-state index contributed by atoms with van der Waals surface area (Å²) in [5, 5.41) is 4.25. The molecule has 2 aromatic rings. The minimum atomic E-state index is -0.825. The fraction of sp³-hybridized carbons (Fsp3) is 0.222. The maximum Gasteiger partial charge on any atom is 0.319 e. The fourth-order valence-corrected chi connectivity index (χ4v) is 4.16. The van der Waals surface area contributed by atoms with Gasteiger partial charge in [0.15, 0.2) is 6.04 Å². The zero-order valence-corrected chi connectivity index (χ0v) is 14.0. The van der Waals surface area contributed by atoms with Crippen LogP contribution in [0.25, 0.3) is 0 Å². The number of thioether (sulfide) groups is 1. The largest absolute Gasteiger partial charge is 0.351 e. The molecule has 0 saturated carbocycles. The van der Waals surface area contributed by atoms with Crippen molar-refractivity contribution in [3.63, 3.8) is 0 Å². The summed E-state index contributed by atoms with van der Waals surface area (Å²) in [5.41, 5.74) is 7.22. The van der Waals surface area contributed by atoms with Gasteiger partial charge in [-0.1, -0.05) is 48.5 Å². The second-order valence-corrected chi connectivity index (χ2v) is 6.85. The van der Waals surface area contributed by atoms with Crippen LogP contribution in [0.15, 0.2) is 59.5 Å². The first-order valence-corrected chi connectivity index (χ1v) is 8.85. The summed E-state index contributed by atoms with van der Waals surface area (Å²) in [7, 11) is 0. The molecule has 0 radical (unpaired) electrons. The monoisotopic (exact) mass is 342 g/mol. The van der Waals surface area contributed by atoms with E-state index in [1.165, 1.54) is 10.5 Å². The van der Waals surface area contributed by atoms with Gasteiger partial charge < -0.3 is 11.1 Å². The molecule has 0 unspecified atom stereocenters. The number of hydrogen-bond donors (Lipinski definition) is 3. The Labute approximate surface area is 145 Å². The van der Waals surface area contributed by atoms with Gasteiger partial charge in [-0.25, -0.2) is 4.79 Å². The van der Waals surface area contributed by atoms with Gasteiger partial charge in [0.1, 0.15) is 6.04 Å². The van der Waals surface area contributed by atoms with Crippen LogP contribution in [0.4, 0.5) is 4.79 Å². The van der Waals surface area contributed by atoms with E-state index in [1.807, 2.05) is 59.5 Å². The Morgan fingerprint density at radius 2 is 1.83 bits per heavy atom. The molecule has 2 aromatic carbocycles. The van der Waals surface area contributed by atoms with E-state index in [0.29, 0.717) is 0 Å². The van der Waals surface area contributed by atoms with Crippen LogP contribution in [0.2, 0.25) is 0 Å². The summed E-state index contributed by atoms with van der Waals surface area (Å²) in [6, 6.07) is 16.6. The maximum absolute atomic E-state index is 12.5. The molecule has 3 amide bonds. The van der Waals surface area contributed by atoms with Gasteiger partial charge in [-0.05, 0) is 6.07 Å². The first kappa shape index (κ1) is 16.5. The van der Waals surface area contributed by atoms with Crippen LogP contribution in [-0.4, -0.2) is 17.7 Å². The number of amides is 3. The molecule has 1 heterocycles. The molecule has 24 heavy (non-hydrogen) atoms. The first-order valence-electron chi connectivity index (χ1n) is 7.87. The molecule has 0 bridgehead atoms. The second kappa shape index (κ2) is 7.51. The molecule has 3 rings (SSSR count). The van der Waals surface area contributed by atoms with Gasteiger partial charge in [0.25, 0.3) is 5.91 Å². The van der Waals surface area contributed by atoms with Gasteiger partial charge in [0, 0.05) is 28.2 Å². The smallest absolute Gasteiger partial charge is 0.319 e. The number of imide groups is 1. The van der Waals surface area contributed by atoms with Gasteiger partial charge in [-0.2, -0.15) is 0 Å². The number of urea groups is 1. The highest BCUT2D eigenvalue weighted by Gasteiger charge is 2.31. The zero-order chi connectivity index (χ0) is 16.9. The highest BCUT2D eigenvalue weighted by molar-refractivity contribution is 7.99. The van der Waals surface area contributed by atoms with Gasteiger partial charge in [0.2, 0.25) is 0 Å². The third kappa shape index (κ3) is 3.77. The molecule has 5 nitrogen and oxygen atoms in total. The van der Waals surface area contributed by atoms with E-state index in [4.69, 9.17) is 5.73 Å². The van der Waals surface area contributed by atoms with Gasteiger partial charge in [-0.15, -0.1) is 11.8 Å². The molecule has 2 atom stereocenters. The van der Waals surface area contributed by atoms with E-state index in [0.717, 1.165) is 17.7 Å². The molecule has 6 heteroatoms. The number of quaternary nitrogens is 1. The first-order chi connectivity index (χ1) is 11.6. The number of rotatable bonds is 4. The van der Waals surface area contributed by atoms with Crippen LogP contribution in [0.3, 0.4) is 0 Å². The lowest BCUT2D eigenvalue weighted by atomic mass is 9.99. The molecule has 0 saturated heterocycles. The van der Waals surface area contributed by atoms with Crippen LogP contribution >= 0.6 is 11.8 Å². The standard InChI is InChI=1S/C18H19N3O2S/c19-18(23)21-17(22)16(12-6-2-1-3-7-12)20-14-10-11-24-15-9-5-4-8-13(14)15/h1-9,14,16,20H,10-11H2,(H3,19,21,22,23)/p+1/t14-,16-/m0/s1. The van der Waals surface area contributed by atoms with Gasteiger partial charge in [-0.3, -0.25) is 10.1 Å². The van der Waals surface area contributed by atoms with E-state index in [1.54, 1.807) is 0 Å². The van der Waals surface area contributed by atoms with Gasteiger partial charge in [0.05, 0.1) is 0 Å². The van der Waals surface area contributed by atoms with Crippen LogP contribution in [0.5, 0.6) is 0 Å². The number of carbonyl (C=O) groups excluding carboxylic acids is 2. The molecule has 0 aromatic heterocycles. The summed E-state index contributed by atoms with van der Waals surface area (Å²) in [5.74, 6) is 0.626. The highest BCUT2D eigenvalue weighted by Crippen LogP contribution is 2.34. The molecule has 5 N–H and O–H groups in total. The molecule has 1 aliphatic rings. The topological polar surface area (TPSA) is 88.8 Å². The lowest BCUT2D eigenvalue weighted by Gasteiger charge is -2.26. The van der Waals surface area contributed by atoms with Crippen molar-refractivity contribution in [1.29, 1.82) is 0 Å². The van der Waals surface area contributed by atoms with Gasteiger partial charge >= 0.3 is 6.03 Å². The Balaban J connectivity index is 1.87. The molecule has 0 spiro atoms. The summed E-state index contributed by atoms with van der Waals surface area (Å²) < 4.78 is 0. The second-order valence-electron chi connectivity index (χ2n) is 5.72. The predicted octanol–water partition coefficient (Wildman–Crippen LogP) is 1.72. The maximum atomic E-state index is 12.5. The molecular weight excluding hydrogens is 322 g/mol. The van der Waals surface area contributed by atoms with E-state index in [9.17, 15) is 9.59 Å². The minimum Gasteiger partial charge on any atom is -0.351 e. The van der Waals surface area contributed by atoms with Crippen molar-refractivity contribution in [2.75, 3.05) is 5.75 Å². The molecular formula is C18H20N3O2S+. The van der Waals surface area contributed by atoms with E-state index in [2.05, 4.69) is 17.4 Å². The third-order valence-corrected chi connectivity index (χ3v) is 5.24. The van der Waals surface area contributed by atoms with Crippen molar-refractivity contribution in [2.24, 2.45) is 5.73 Å². The zero-order valence-electron chi connectivity index (χ0n) is 13.1. The van der Waals surface area contributed by atoms with Crippen molar-refractivity contribution in [3.8, 4) is 0 Å². The Hall–Kier alpha value is -2.31. The number of primary amides is 1. The summed E-state index contributed by atoms with van der Waals surface area (Å²) in [6.07, 6.45) is 0.967. The number of nitrogens with two attached hydrogens (primary N) is 2. The van der Waals surface area contributed by atoms with Crippen LogP contribution < -0.4 is 16.4 Å². The summed E-state index contributed by atoms with van der Waals surface area (Å²) >= 11 is 1.84. The number of hydrogen-bond acceptors (Lipinski definition) is 3. The average molecular weight is 342 g/mol. The Morgan fingerprint density at radius 3 is 2.58 bits per heavy atom. The van der Waals surface area contributed by atoms with E-state index in [-0.39, 0.29) is 11.9 Å². The predicted molar refractivity (Wildman–Crippen MR) is 93.4 cm³/mol. The summed E-state index contributed by atoms with van der Waals surface area (Å²) in [6.45, 7) is 0. The Bertz CT molecular complexity index is 736. The van der Waals surface area contributed by atoms with Crippen LogP contribution in [0, 0.1) is 0 Å². The number of carbonyl (C=O) groups is 2. The van der Waals surface area contributed by atoms with Crippen molar-refractivity contribution >= 4 is 23.7 Å². The highest BCUT2D eigenvalue weighted by atomic mass is 32.2. The van der Waals surface area contributed by atoms with Crippen LogP contribution in [-0.2, 0) is 4.79 Å². The minimum absolute atomic E-state index is 0.172. The Kier molecular flexibility index (Phi) is 5.17. The quantitative estimate of drug-likeness (QED) is 0.790. The molecule has 0 fully saturated rings. The SMILES string of the molecule is NC(=O)NC(=O)[C@@H]([NH2+][C@H]1CCSc2ccccc21)c1ccccc1. The number of fused-ring (bicyclic) bond motifs is 1. The normalized spacial score (nSPS) is 17.6. The van der Waals surface area contributed by atoms with Crippen molar-refractivity contribution in [2.45, 2.75) is 23.4 Å². The van der Waals surface area contributed by atoms with E-state index >= 15 is 0 Å². The lowest BCUT2D eigenvalue weighted by Crippen LogP contribution is -2.89. The van der Waals surface area contributed by atoms with Crippen LogP contribution in [0.1, 0.15) is 29.6 Å². The van der Waals surface area contributed by atoms with E-state index < -0.39 is 12.1 Å². The molecule has 1 aliphatic heterocycles. The number of benzene rings is 2. The lowest BCUT2D eigenvalue weighted by molar-refractivity contribution is -0.723.